The minimum Gasteiger partial charge on any atom is -0.362 e. The fourth-order valence-corrected chi connectivity index (χ4v) is 6.40. The van der Waals surface area contributed by atoms with Crippen molar-refractivity contribution < 1.29 is 30.5 Å². The third-order valence-electron chi connectivity index (χ3n) is 7.27. The second-order valence-electron chi connectivity index (χ2n) is 10.2. The highest BCUT2D eigenvalue weighted by atomic mass is 32.2. The fraction of sp³-hybridized carbons (Fsp3) is 0.300. The summed E-state index contributed by atoms with van der Waals surface area (Å²) < 4.78 is 68.6. The lowest BCUT2D eigenvalue weighted by molar-refractivity contribution is -0.438. The topological polar surface area (TPSA) is 124 Å². The zero-order valence-electron chi connectivity index (χ0n) is 22.6. The predicted octanol–water partition coefficient (Wildman–Crippen LogP) is 6.09. The molecule has 0 spiro atoms. The summed E-state index contributed by atoms with van der Waals surface area (Å²) in [5.74, 6) is -0.383. The molecule has 0 aromatic heterocycles. The van der Waals surface area contributed by atoms with Crippen LogP contribution in [0.1, 0.15) is 45.1 Å². The number of hydrogen-bond donors (Lipinski definition) is 3. The summed E-state index contributed by atoms with van der Waals surface area (Å²) in [6.45, 7) is 4.84. The molecule has 0 aliphatic carbocycles. The van der Waals surface area contributed by atoms with E-state index >= 15 is 0 Å². The zero-order valence-corrected chi connectivity index (χ0v) is 24.2. The quantitative estimate of drug-likeness (QED) is 0.134. The number of unbranched alkanes of at least 4 members (excludes halogenated alkanes) is 1. The number of para-hydroxylation sites is 1. The van der Waals surface area contributed by atoms with E-state index in [4.69, 9.17) is 0 Å². The molecule has 3 N–H and O–H groups in total. The molecule has 3 aromatic carbocycles. The lowest BCUT2D eigenvalue weighted by atomic mass is 9.74. The van der Waals surface area contributed by atoms with E-state index in [9.17, 15) is 25.9 Å². The third kappa shape index (κ3) is 6.69. The van der Waals surface area contributed by atoms with E-state index in [1.165, 1.54) is 12.1 Å². The second kappa shape index (κ2) is 12.1. The Balaban J connectivity index is 1.84. The van der Waals surface area contributed by atoms with Gasteiger partial charge in [0.25, 0.3) is 20.2 Å². The van der Waals surface area contributed by atoms with Gasteiger partial charge in [-0.2, -0.15) is 21.4 Å². The Morgan fingerprint density at radius 2 is 1.68 bits per heavy atom. The first-order valence-corrected chi connectivity index (χ1v) is 16.3. The molecule has 0 radical (unpaired) electrons. The lowest BCUT2D eigenvalue weighted by Crippen LogP contribution is -2.32. The Morgan fingerprint density at radius 3 is 2.35 bits per heavy atom. The van der Waals surface area contributed by atoms with Gasteiger partial charge >= 0.3 is 0 Å². The number of nitrogens with zero attached hydrogens (tertiary/aromatic N) is 1. The maximum absolute atomic E-state index is 12.0. The van der Waals surface area contributed by atoms with Crippen LogP contribution in [0.15, 0.2) is 90.0 Å². The molecule has 8 nitrogen and oxygen atoms in total. The largest absolute Gasteiger partial charge is 0.362 e. The van der Waals surface area contributed by atoms with Gasteiger partial charge in [0.15, 0.2) is 5.71 Å². The molecule has 1 heterocycles. The van der Waals surface area contributed by atoms with Gasteiger partial charge in [-0.15, -0.1) is 0 Å². The average Bonchev–Trinajstić information content (AvgIpc) is 3.13. The van der Waals surface area contributed by atoms with Crippen molar-refractivity contribution in [3.63, 3.8) is 0 Å². The molecule has 40 heavy (non-hydrogen) atoms. The Morgan fingerprint density at radius 1 is 0.950 bits per heavy atom. The van der Waals surface area contributed by atoms with Crippen molar-refractivity contribution in [1.82, 2.24) is 0 Å². The fourth-order valence-electron chi connectivity index (χ4n) is 5.38. The van der Waals surface area contributed by atoms with E-state index in [2.05, 4.69) is 16.8 Å². The molecule has 3 aromatic rings. The number of anilines is 1. The first kappa shape index (κ1) is 29.7. The van der Waals surface area contributed by atoms with Crippen LogP contribution in [0, 0.1) is 0 Å². The van der Waals surface area contributed by atoms with Crippen LogP contribution in [0.5, 0.6) is 0 Å². The average molecular weight is 584 g/mol. The molecule has 1 aliphatic rings. The van der Waals surface area contributed by atoms with Crippen molar-refractivity contribution in [3.05, 3.63) is 90.7 Å². The van der Waals surface area contributed by atoms with Crippen LogP contribution >= 0.6 is 0 Å². The molecule has 1 unspecified atom stereocenters. The van der Waals surface area contributed by atoms with E-state index in [1.807, 2.05) is 73.8 Å². The molecule has 4 rings (SSSR count). The number of nitrogens with one attached hydrogen (secondary N) is 1. The van der Waals surface area contributed by atoms with Crippen LogP contribution in [-0.4, -0.2) is 48.5 Å². The van der Waals surface area contributed by atoms with Crippen LogP contribution in [0.3, 0.4) is 0 Å². The number of benzene rings is 3. The van der Waals surface area contributed by atoms with Gasteiger partial charge in [-0.1, -0.05) is 43.7 Å². The van der Waals surface area contributed by atoms with Gasteiger partial charge in [0.1, 0.15) is 6.54 Å². The van der Waals surface area contributed by atoms with Crippen molar-refractivity contribution in [2.75, 3.05) is 17.6 Å². The maximum Gasteiger partial charge on any atom is 0.294 e. The van der Waals surface area contributed by atoms with Gasteiger partial charge in [0.05, 0.1) is 16.1 Å². The Labute approximate surface area is 236 Å². The molecule has 0 fully saturated rings. The van der Waals surface area contributed by atoms with Gasteiger partial charge in [-0.3, -0.25) is 9.11 Å². The number of allylic oxidation sites excluding steroid dienone is 3. The van der Waals surface area contributed by atoms with E-state index in [0.717, 1.165) is 40.9 Å². The van der Waals surface area contributed by atoms with Crippen LogP contribution < -0.4 is 5.32 Å². The molecule has 212 valence electrons. The standard InChI is InChI=1S/C30H34N2O6S2/c1-3-4-20-32-27-17-15-23-14-16-25(40(36,37)38)22-26(23)29(27)30(2,18-10-21-39(33,34)35)28(32)13-8-9-19-31-24-11-6-5-7-12-24/h5-9,11-17,19,22H,3-4,10,18,20-21H2,1-2H3,(H2,33,34,35,36,37,38)/p+1. The summed E-state index contributed by atoms with van der Waals surface area (Å²) in [5, 5.41) is 4.70. The molecule has 0 amide bonds. The summed E-state index contributed by atoms with van der Waals surface area (Å²) in [7, 11) is -8.59. The SMILES string of the molecule is CCCC[N+]1=C(/C=C/C=C/Nc2ccccc2)C(C)(CCCS(=O)(=O)O)c2c1ccc1ccc(S(=O)(=O)O)cc21. The lowest BCUT2D eigenvalue weighted by Gasteiger charge is -2.24. The van der Waals surface area contributed by atoms with Crippen molar-refractivity contribution in [1.29, 1.82) is 0 Å². The van der Waals surface area contributed by atoms with Gasteiger partial charge < -0.3 is 5.32 Å². The first-order chi connectivity index (χ1) is 18.9. The summed E-state index contributed by atoms with van der Waals surface area (Å²) in [5.41, 5.74) is 2.97. The predicted molar refractivity (Wildman–Crippen MR) is 160 cm³/mol. The highest BCUT2D eigenvalue weighted by Crippen LogP contribution is 2.47. The number of hydrogen-bond acceptors (Lipinski definition) is 5. The number of rotatable bonds is 12. The summed E-state index contributed by atoms with van der Waals surface area (Å²) in [4.78, 5) is -0.201. The minimum absolute atomic E-state index is 0.201. The highest BCUT2D eigenvalue weighted by molar-refractivity contribution is 7.86. The van der Waals surface area contributed by atoms with Crippen LogP contribution in [0.25, 0.3) is 10.8 Å². The first-order valence-electron chi connectivity index (χ1n) is 13.2. The van der Waals surface area contributed by atoms with E-state index in [-0.39, 0.29) is 17.1 Å². The molecule has 1 atom stereocenters. The zero-order chi connectivity index (χ0) is 29.0. The van der Waals surface area contributed by atoms with Crippen LogP contribution in [0.4, 0.5) is 11.4 Å². The van der Waals surface area contributed by atoms with Crippen LogP contribution in [0.2, 0.25) is 0 Å². The van der Waals surface area contributed by atoms with Gasteiger partial charge in [0.2, 0.25) is 5.69 Å². The number of fused-ring (bicyclic) bond motifs is 3. The molecule has 0 saturated heterocycles. The maximum atomic E-state index is 12.0. The van der Waals surface area contributed by atoms with Crippen molar-refractivity contribution >= 4 is 48.1 Å². The molecule has 0 bridgehead atoms. The summed E-state index contributed by atoms with van der Waals surface area (Å²) in [6.07, 6.45) is 10.1. The Kier molecular flexibility index (Phi) is 8.94. The Hall–Kier alpha value is -3.31. The highest BCUT2D eigenvalue weighted by Gasteiger charge is 2.48. The Bertz CT molecular complexity index is 1690. The molecular formula is C30H35N2O6S2+. The van der Waals surface area contributed by atoms with Gasteiger partial charge in [0, 0.05) is 36.0 Å². The van der Waals surface area contributed by atoms with E-state index < -0.39 is 25.7 Å². The molecule has 1 aliphatic heterocycles. The summed E-state index contributed by atoms with van der Waals surface area (Å²) in [6, 6.07) is 18.2. The van der Waals surface area contributed by atoms with Crippen LogP contribution in [-0.2, 0) is 25.7 Å². The smallest absolute Gasteiger partial charge is 0.294 e. The minimum atomic E-state index is -4.43. The summed E-state index contributed by atoms with van der Waals surface area (Å²) >= 11 is 0. The molecule has 0 saturated carbocycles. The van der Waals surface area contributed by atoms with E-state index in [1.54, 1.807) is 6.07 Å². The second-order valence-corrected chi connectivity index (χ2v) is 13.2. The van der Waals surface area contributed by atoms with Crippen molar-refractivity contribution in [2.45, 2.75) is 49.8 Å². The van der Waals surface area contributed by atoms with Gasteiger partial charge in [-0.25, -0.2) is 0 Å². The monoisotopic (exact) mass is 583 g/mol. The normalized spacial score (nSPS) is 17.8. The van der Waals surface area contributed by atoms with Crippen molar-refractivity contribution in [2.24, 2.45) is 0 Å². The van der Waals surface area contributed by atoms with Gasteiger partial charge in [-0.05, 0) is 66.9 Å². The third-order valence-corrected chi connectivity index (χ3v) is 8.92. The molecular weight excluding hydrogens is 548 g/mol. The van der Waals surface area contributed by atoms with E-state index in [0.29, 0.717) is 18.4 Å². The molecule has 10 heteroatoms. The van der Waals surface area contributed by atoms with Crippen molar-refractivity contribution in [3.8, 4) is 0 Å².